The van der Waals surface area contributed by atoms with Crippen molar-refractivity contribution in [3.05, 3.63) is 82.2 Å². The second-order valence-corrected chi connectivity index (χ2v) is 28.2. The zero-order valence-corrected chi connectivity index (χ0v) is 37.8. The lowest BCUT2D eigenvalue weighted by Gasteiger charge is -2.39. The molecule has 5 atom stereocenters. The Bertz CT molecular complexity index is 1520. The van der Waals surface area contributed by atoms with E-state index in [0.717, 1.165) is 24.8 Å². The second kappa shape index (κ2) is 20.9. The molecule has 308 valence electrons. The van der Waals surface area contributed by atoms with E-state index in [1.165, 1.54) is 5.56 Å². The third-order valence-electron chi connectivity index (χ3n) is 10.7. The first kappa shape index (κ1) is 48.1. The van der Waals surface area contributed by atoms with Gasteiger partial charge in [0.15, 0.2) is 16.6 Å². The molecule has 0 bridgehead atoms. The van der Waals surface area contributed by atoms with Crippen molar-refractivity contribution in [1.82, 2.24) is 5.32 Å². The number of aliphatic hydroxyl groups excluding tert-OH is 1. The molecule has 2 rings (SSSR count). The molecule has 11 nitrogen and oxygen atoms in total. The van der Waals surface area contributed by atoms with Crippen LogP contribution in [0.15, 0.2) is 65.8 Å². The van der Waals surface area contributed by atoms with Gasteiger partial charge in [-0.15, -0.1) is 0 Å². The van der Waals surface area contributed by atoms with Gasteiger partial charge in [-0.2, -0.15) is 0 Å². The van der Waals surface area contributed by atoms with Gasteiger partial charge in [0.05, 0.1) is 25.4 Å². The first-order valence-corrected chi connectivity index (χ1v) is 25.4. The van der Waals surface area contributed by atoms with Gasteiger partial charge in [-0.1, -0.05) is 107 Å². The number of carbonyl (C=O) groups excluding carboxylic acids is 2. The number of azide groups is 1. The highest BCUT2D eigenvalue weighted by Crippen LogP contribution is 2.39. The van der Waals surface area contributed by atoms with Gasteiger partial charge in [-0.05, 0) is 106 Å². The Morgan fingerprint density at radius 2 is 1.35 bits per heavy atom. The van der Waals surface area contributed by atoms with E-state index in [9.17, 15) is 20.2 Å². The lowest BCUT2D eigenvalue weighted by Crippen LogP contribution is -2.54. The van der Waals surface area contributed by atoms with Crippen molar-refractivity contribution in [2.24, 2.45) is 5.11 Å². The summed E-state index contributed by atoms with van der Waals surface area (Å²) in [5.74, 6) is -1.54. The molecule has 13 heteroatoms. The summed E-state index contributed by atoms with van der Waals surface area (Å²) in [6.45, 7) is 27.0. The first-order valence-electron chi connectivity index (χ1n) is 19.6. The van der Waals surface area contributed by atoms with E-state index >= 15 is 0 Å². The molecule has 2 aromatic carbocycles. The smallest absolute Gasteiger partial charge is 0.331 e. The van der Waals surface area contributed by atoms with Crippen molar-refractivity contribution in [1.29, 1.82) is 0 Å². The fraction of sp³-hybridized carbons (Fsp3) is 0.667. The van der Waals surface area contributed by atoms with Crippen LogP contribution in [0.1, 0.15) is 99.1 Å². The van der Waals surface area contributed by atoms with Crippen molar-refractivity contribution in [3.8, 4) is 0 Å². The number of aliphatic hydroxyl groups is 1. The van der Waals surface area contributed by atoms with Crippen molar-refractivity contribution in [3.63, 3.8) is 0 Å². The average molecular weight is 799 g/mol. The van der Waals surface area contributed by atoms with Gasteiger partial charge in [0, 0.05) is 11.0 Å². The molecule has 0 saturated carbocycles. The molecule has 2 aromatic rings. The Hall–Kier alpha value is -3.04. The van der Waals surface area contributed by atoms with Gasteiger partial charge >= 0.3 is 5.97 Å². The predicted octanol–water partition coefficient (Wildman–Crippen LogP) is 9.65. The minimum absolute atomic E-state index is 0.0133. The van der Waals surface area contributed by atoms with Crippen LogP contribution in [-0.2, 0) is 40.9 Å². The summed E-state index contributed by atoms with van der Waals surface area (Å²) in [6.07, 6.45) is 0.704. The monoisotopic (exact) mass is 798 g/mol. The minimum atomic E-state index is -2.32. The van der Waals surface area contributed by atoms with Crippen LogP contribution in [0.3, 0.4) is 0 Å². The maximum Gasteiger partial charge on any atom is 0.331 e. The van der Waals surface area contributed by atoms with Crippen molar-refractivity contribution >= 4 is 28.5 Å². The molecule has 0 saturated heterocycles. The number of rotatable bonds is 21. The van der Waals surface area contributed by atoms with Crippen LogP contribution < -0.4 is 5.32 Å². The highest BCUT2D eigenvalue weighted by atomic mass is 28.4. The van der Waals surface area contributed by atoms with Crippen LogP contribution in [0, 0.1) is 0 Å². The number of carbonyl (C=O) groups is 2. The third-order valence-corrected chi connectivity index (χ3v) is 19.8. The van der Waals surface area contributed by atoms with E-state index in [1.807, 2.05) is 61.6 Å². The van der Waals surface area contributed by atoms with Crippen molar-refractivity contribution < 1.29 is 33.0 Å². The summed E-state index contributed by atoms with van der Waals surface area (Å²) in [5, 5.41) is 17.8. The van der Waals surface area contributed by atoms with E-state index in [0.29, 0.717) is 13.0 Å². The molecule has 0 spiro atoms. The number of hydrogen-bond acceptors (Lipinski definition) is 8. The topological polar surface area (TPSA) is 152 Å². The quantitative estimate of drug-likeness (QED) is 0.0419. The normalized spacial score (nSPS) is 15.6. The van der Waals surface area contributed by atoms with Gasteiger partial charge in [-0.3, -0.25) is 4.79 Å². The van der Waals surface area contributed by atoms with E-state index in [1.54, 1.807) is 20.8 Å². The Balaban J connectivity index is 2.31. The maximum absolute atomic E-state index is 13.7. The van der Waals surface area contributed by atoms with E-state index < -0.39 is 58.4 Å². The van der Waals surface area contributed by atoms with Gasteiger partial charge in [0.25, 0.3) is 0 Å². The molecule has 55 heavy (non-hydrogen) atoms. The number of nitrogens with zero attached hydrogens (tertiary/aromatic N) is 3. The summed E-state index contributed by atoms with van der Waals surface area (Å²) in [7, 11) is -4.41. The van der Waals surface area contributed by atoms with Gasteiger partial charge in [0.2, 0.25) is 5.91 Å². The Morgan fingerprint density at radius 1 is 0.818 bits per heavy atom. The predicted molar refractivity (Wildman–Crippen MR) is 226 cm³/mol. The largest absolute Gasteiger partial charge is 0.458 e. The van der Waals surface area contributed by atoms with Crippen LogP contribution in [0.4, 0.5) is 0 Å². The zero-order chi connectivity index (χ0) is 41.7. The SMILES string of the molecule is CC(C)(C)OC(=O)[C@@H](CO[Si](C)(C)C(C)(C)C)NC(=O)[C@@H](O)[C@@H](C[C@H](CCC[C@H](Cc1ccccc1)O[Si](C)(C)C(C)(C)C)OCc1ccccc1)N=[N+]=[N-]. The van der Waals surface area contributed by atoms with Gasteiger partial charge in [0.1, 0.15) is 17.7 Å². The first-order chi connectivity index (χ1) is 25.3. The molecule has 0 aromatic heterocycles. The molecule has 0 heterocycles. The summed E-state index contributed by atoms with van der Waals surface area (Å²) >= 11 is 0. The molecule has 0 unspecified atom stereocenters. The standard InChI is InChI=1S/C42H70N4O7Si2/c1-40(2,3)52-39(49)36(30-51-54(10,11)41(4,5)6)44-38(48)37(47)35(45-46-43)28-33(50-29-32-23-18-15-19-24-32)25-20-26-34(27-31-21-16-14-17-22-31)53-55(12,13)42(7,8)9/h14-19,21-24,33-37,47H,20,25-30H2,1-13H3,(H,44,48)/t33-,34+,35+,36+,37-/m0/s1. The molecule has 1 amide bonds. The molecule has 0 aliphatic carbocycles. The summed E-state index contributed by atoms with van der Waals surface area (Å²) < 4.78 is 25.3. The van der Waals surface area contributed by atoms with Crippen LogP contribution >= 0.6 is 0 Å². The third kappa shape index (κ3) is 16.9. The minimum Gasteiger partial charge on any atom is -0.458 e. The molecule has 0 fully saturated rings. The number of amides is 1. The van der Waals surface area contributed by atoms with E-state index in [4.69, 9.17) is 18.3 Å². The number of hydrogen-bond donors (Lipinski definition) is 2. The Kier molecular flexibility index (Phi) is 18.3. The molecular formula is C42H70N4O7Si2. The van der Waals surface area contributed by atoms with Crippen LogP contribution in [0.2, 0.25) is 36.3 Å². The Labute approximate surface area is 333 Å². The highest BCUT2D eigenvalue weighted by molar-refractivity contribution is 6.74. The van der Waals surface area contributed by atoms with E-state index in [-0.39, 0.29) is 29.2 Å². The summed E-state index contributed by atoms with van der Waals surface area (Å²) in [4.78, 5) is 30.0. The molecule has 0 aliphatic rings. The fourth-order valence-electron chi connectivity index (χ4n) is 5.36. The molecule has 0 aliphatic heterocycles. The van der Waals surface area contributed by atoms with Crippen molar-refractivity contribution in [2.75, 3.05) is 6.61 Å². The molecule has 0 radical (unpaired) electrons. The zero-order valence-electron chi connectivity index (χ0n) is 35.8. The van der Waals surface area contributed by atoms with E-state index in [2.05, 4.69) is 82.1 Å². The van der Waals surface area contributed by atoms with Crippen molar-refractivity contribution in [2.45, 2.75) is 173 Å². The lowest BCUT2D eigenvalue weighted by atomic mass is 9.97. The van der Waals surface area contributed by atoms with Crippen LogP contribution in [0.5, 0.6) is 0 Å². The van der Waals surface area contributed by atoms with Crippen LogP contribution in [0.25, 0.3) is 10.4 Å². The number of benzene rings is 2. The second-order valence-electron chi connectivity index (χ2n) is 18.7. The van der Waals surface area contributed by atoms with Crippen LogP contribution in [-0.4, -0.2) is 76.2 Å². The lowest BCUT2D eigenvalue weighted by molar-refractivity contribution is -0.160. The summed E-state index contributed by atoms with van der Waals surface area (Å²) in [5.41, 5.74) is 10.9. The Morgan fingerprint density at radius 3 is 1.85 bits per heavy atom. The number of esters is 1. The fourth-order valence-corrected chi connectivity index (χ4v) is 7.76. The molecular weight excluding hydrogens is 729 g/mol. The van der Waals surface area contributed by atoms with Gasteiger partial charge < -0.3 is 28.7 Å². The number of ether oxygens (including phenoxy) is 2. The number of nitrogens with one attached hydrogen (secondary N) is 1. The van der Waals surface area contributed by atoms with Gasteiger partial charge in [-0.25, -0.2) is 4.79 Å². The average Bonchev–Trinajstić information content (AvgIpc) is 3.07. The maximum atomic E-state index is 13.7. The highest BCUT2D eigenvalue weighted by Gasteiger charge is 2.41. The molecule has 2 N–H and O–H groups in total. The summed E-state index contributed by atoms with van der Waals surface area (Å²) in [6, 6.07) is 17.7.